The molecule has 0 saturated carbocycles. The van der Waals surface area contributed by atoms with Gasteiger partial charge < -0.3 is 5.11 Å². The zero-order valence-electron chi connectivity index (χ0n) is 8.20. The van der Waals surface area contributed by atoms with Gasteiger partial charge >= 0.3 is 0 Å². The highest BCUT2D eigenvalue weighted by atomic mass is 16.3. The maximum Gasteiger partial charge on any atom is 0.0546 e. The minimum absolute atomic E-state index is 0.248. The number of hydrogen-bond donors (Lipinski definition) is 1. The Bertz CT molecular complexity index is 270. The molecule has 1 aromatic rings. The van der Waals surface area contributed by atoms with E-state index in [0.717, 1.165) is 0 Å². The Morgan fingerprint density at radius 3 is 2.46 bits per heavy atom. The van der Waals surface area contributed by atoms with E-state index < -0.39 is 0 Å². The van der Waals surface area contributed by atoms with Crippen molar-refractivity contribution in [3.8, 4) is 0 Å². The first-order valence-electron chi connectivity index (χ1n) is 4.60. The van der Waals surface area contributed by atoms with Crippen molar-refractivity contribution in [3.63, 3.8) is 0 Å². The second-order valence-electron chi connectivity index (χ2n) is 3.40. The highest BCUT2D eigenvalue weighted by Crippen LogP contribution is 2.05. The summed E-state index contributed by atoms with van der Waals surface area (Å²) >= 11 is 0. The van der Waals surface area contributed by atoms with Gasteiger partial charge in [-0.15, -0.1) is 0 Å². The summed E-state index contributed by atoms with van der Waals surface area (Å²) in [6.07, 6.45) is 4.50. The lowest BCUT2D eigenvalue weighted by molar-refractivity contribution is 0.199. The Morgan fingerprint density at radius 1 is 1.31 bits per heavy atom. The van der Waals surface area contributed by atoms with E-state index in [-0.39, 0.29) is 6.10 Å². The maximum atomic E-state index is 9.02. The van der Waals surface area contributed by atoms with Gasteiger partial charge in [0.15, 0.2) is 0 Å². The minimum atomic E-state index is -0.248. The molecule has 1 aromatic carbocycles. The topological polar surface area (TPSA) is 20.2 Å². The Balaban J connectivity index is 2.54. The summed E-state index contributed by atoms with van der Waals surface area (Å²) in [5, 5.41) is 9.02. The van der Waals surface area contributed by atoms with Crippen molar-refractivity contribution in [2.24, 2.45) is 0 Å². The number of aliphatic hydroxyl groups excluding tert-OH is 1. The van der Waals surface area contributed by atoms with Gasteiger partial charge in [-0.05, 0) is 25.8 Å². The smallest absolute Gasteiger partial charge is 0.0546 e. The molecule has 0 aliphatic rings. The van der Waals surface area contributed by atoms with Gasteiger partial charge in [0.2, 0.25) is 0 Å². The summed E-state index contributed by atoms with van der Waals surface area (Å²) in [4.78, 5) is 0. The fourth-order valence-electron chi connectivity index (χ4n) is 1.08. The highest BCUT2D eigenvalue weighted by molar-refractivity contribution is 5.49. The number of aliphatic hydroxyl groups is 1. The molecule has 0 radical (unpaired) electrons. The third kappa shape index (κ3) is 3.90. The van der Waals surface area contributed by atoms with Gasteiger partial charge in [0.05, 0.1) is 6.10 Å². The SMILES string of the molecule is Cc1ccc(C=CCC(C)O)cc1. The van der Waals surface area contributed by atoms with Crippen LogP contribution in [0.4, 0.5) is 0 Å². The number of aryl methyl sites for hydroxylation is 1. The molecule has 0 heterocycles. The molecule has 0 bridgehead atoms. The summed E-state index contributed by atoms with van der Waals surface area (Å²) in [5.41, 5.74) is 2.46. The Morgan fingerprint density at radius 2 is 1.92 bits per heavy atom. The summed E-state index contributed by atoms with van der Waals surface area (Å²) in [5.74, 6) is 0. The first-order valence-corrected chi connectivity index (χ1v) is 4.60. The molecule has 1 unspecified atom stereocenters. The standard InChI is InChI=1S/C12H16O/c1-10-6-8-12(9-7-10)5-3-4-11(2)13/h3,5-9,11,13H,4H2,1-2H3. The summed E-state index contributed by atoms with van der Waals surface area (Å²) in [6.45, 7) is 3.86. The second kappa shape index (κ2) is 4.83. The molecule has 1 heteroatoms. The van der Waals surface area contributed by atoms with Crippen LogP contribution in [0.25, 0.3) is 6.08 Å². The molecule has 1 N–H and O–H groups in total. The van der Waals surface area contributed by atoms with Crippen molar-refractivity contribution in [2.45, 2.75) is 26.4 Å². The van der Waals surface area contributed by atoms with Crippen LogP contribution in [0, 0.1) is 6.92 Å². The predicted octanol–water partition coefficient (Wildman–Crippen LogP) is 2.78. The third-order valence-electron chi connectivity index (χ3n) is 1.86. The zero-order chi connectivity index (χ0) is 9.68. The van der Waals surface area contributed by atoms with E-state index in [1.807, 2.05) is 12.2 Å². The van der Waals surface area contributed by atoms with Crippen molar-refractivity contribution in [3.05, 3.63) is 41.5 Å². The van der Waals surface area contributed by atoms with Crippen LogP contribution in [0.15, 0.2) is 30.3 Å². The quantitative estimate of drug-likeness (QED) is 0.750. The molecule has 0 aliphatic carbocycles. The van der Waals surface area contributed by atoms with Gasteiger partial charge in [0, 0.05) is 0 Å². The molecule has 13 heavy (non-hydrogen) atoms. The zero-order valence-corrected chi connectivity index (χ0v) is 8.20. The maximum absolute atomic E-state index is 9.02. The van der Waals surface area contributed by atoms with Gasteiger partial charge in [-0.2, -0.15) is 0 Å². The van der Waals surface area contributed by atoms with E-state index in [9.17, 15) is 0 Å². The number of benzene rings is 1. The molecule has 1 atom stereocenters. The molecule has 0 aliphatic heterocycles. The molecule has 1 rings (SSSR count). The molecule has 70 valence electrons. The van der Waals surface area contributed by atoms with Crippen LogP contribution in [0.5, 0.6) is 0 Å². The molecule has 0 spiro atoms. The first kappa shape index (κ1) is 10.0. The molecule has 0 saturated heterocycles. The van der Waals surface area contributed by atoms with E-state index in [4.69, 9.17) is 5.11 Å². The second-order valence-corrected chi connectivity index (χ2v) is 3.40. The van der Waals surface area contributed by atoms with Crippen LogP contribution in [0.2, 0.25) is 0 Å². The van der Waals surface area contributed by atoms with Crippen LogP contribution in [0.3, 0.4) is 0 Å². The fraction of sp³-hybridized carbons (Fsp3) is 0.333. The molecule has 1 nitrogen and oxygen atoms in total. The molecule has 0 amide bonds. The number of hydrogen-bond acceptors (Lipinski definition) is 1. The summed E-state index contributed by atoms with van der Waals surface area (Å²) in [7, 11) is 0. The van der Waals surface area contributed by atoms with Gasteiger partial charge in [-0.1, -0.05) is 42.0 Å². The van der Waals surface area contributed by atoms with Crippen LogP contribution in [-0.2, 0) is 0 Å². The lowest BCUT2D eigenvalue weighted by atomic mass is 10.1. The van der Waals surface area contributed by atoms with E-state index >= 15 is 0 Å². The lowest BCUT2D eigenvalue weighted by Crippen LogP contribution is -1.95. The molecular weight excluding hydrogens is 160 g/mol. The van der Waals surface area contributed by atoms with Crippen LogP contribution < -0.4 is 0 Å². The molecular formula is C12H16O. The summed E-state index contributed by atoms with van der Waals surface area (Å²) in [6, 6.07) is 8.33. The lowest BCUT2D eigenvalue weighted by Gasteiger charge is -1.97. The minimum Gasteiger partial charge on any atom is -0.393 e. The monoisotopic (exact) mass is 176 g/mol. The highest BCUT2D eigenvalue weighted by Gasteiger charge is 1.89. The Kier molecular flexibility index (Phi) is 3.71. The van der Waals surface area contributed by atoms with Gasteiger partial charge in [-0.25, -0.2) is 0 Å². The van der Waals surface area contributed by atoms with E-state index in [0.29, 0.717) is 6.42 Å². The largest absolute Gasteiger partial charge is 0.393 e. The Labute approximate surface area is 79.7 Å². The van der Waals surface area contributed by atoms with Crippen molar-refractivity contribution >= 4 is 6.08 Å². The van der Waals surface area contributed by atoms with Crippen molar-refractivity contribution in [1.29, 1.82) is 0 Å². The fourth-order valence-corrected chi connectivity index (χ4v) is 1.08. The molecule has 0 aromatic heterocycles. The van der Waals surface area contributed by atoms with Crippen LogP contribution in [0.1, 0.15) is 24.5 Å². The van der Waals surface area contributed by atoms with Gasteiger partial charge in [-0.3, -0.25) is 0 Å². The van der Waals surface area contributed by atoms with Gasteiger partial charge in [0.25, 0.3) is 0 Å². The predicted molar refractivity (Wildman–Crippen MR) is 56.5 cm³/mol. The Hall–Kier alpha value is -1.08. The van der Waals surface area contributed by atoms with E-state index in [1.54, 1.807) is 6.92 Å². The number of rotatable bonds is 3. The summed E-state index contributed by atoms with van der Waals surface area (Å²) < 4.78 is 0. The average molecular weight is 176 g/mol. The third-order valence-corrected chi connectivity index (χ3v) is 1.86. The van der Waals surface area contributed by atoms with Gasteiger partial charge in [0.1, 0.15) is 0 Å². The van der Waals surface area contributed by atoms with Crippen molar-refractivity contribution in [2.75, 3.05) is 0 Å². The first-order chi connectivity index (χ1) is 6.18. The van der Waals surface area contributed by atoms with E-state index in [1.165, 1.54) is 11.1 Å². The normalized spacial score (nSPS) is 13.5. The van der Waals surface area contributed by atoms with Crippen molar-refractivity contribution < 1.29 is 5.11 Å². The van der Waals surface area contributed by atoms with E-state index in [2.05, 4.69) is 31.2 Å². The van der Waals surface area contributed by atoms with Crippen molar-refractivity contribution in [1.82, 2.24) is 0 Å². The average Bonchev–Trinajstić information content (AvgIpc) is 2.08. The van der Waals surface area contributed by atoms with Crippen LogP contribution in [-0.4, -0.2) is 11.2 Å². The van der Waals surface area contributed by atoms with Crippen LogP contribution >= 0.6 is 0 Å². The molecule has 0 fully saturated rings.